The molecule has 0 aliphatic heterocycles. The predicted molar refractivity (Wildman–Crippen MR) is 10.5 cm³/mol. The van der Waals surface area contributed by atoms with Crippen LogP contribution in [0.3, 0.4) is 0 Å². The molecule has 0 aromatic carbocycles. The topological polar surface area (TPSA) is 0 Å². The summed E-state index contributed by atoms with van der Waals surface area (Å²) in [4.78, 5) is 0. The van der Waals surface area contributed by atoms with Crippen molar-refractivity contribution in [1.82, 2.24) is 0 Å². The zero-order valence-corrected chi connectivity index (χ0v) is 2.51. The van der Waals surface area contributed by atoms with E-state index in [4.69, 9.17) is 0 Å². The third-order valence-corrected chi connectivity index (χ3v) is 0. The van der Waals surface area contributed by atoms with E-state index < -0.39 is 15.0 Å². The van der Waals surface area contributed by atoms with Gasteiger partial charge in [-0.1, -0.05) is 0 Å². The summed E-state index contributed by atoms with van der Waals surface area (Å²) in [5, 5.41) is 0. The van der Waals surface area contributed by atoms with Crippen LogP contribution in [0.25, 0.3) is 0 Å². The van der Waals surface area contributed by atoms with E-state index in [1.54, 1.807) is 0 Å². The summed E-state index contributed by atoms with van der Waals surface area (Å²) in [6.07, 6.45) is 0. The molecule has 0 aliphatic carbocycles. The molecule has 0 unspecified atom stereocenters. The third-order valence-electron chi connectivity index (χ3n) is 0. The first kappa shape index (κ1) is 9.31. The fraction of sp³-hybridized carbons (Fsp3) is 0. The van der Waals surface area contributed by atoms with Crippen LogP contribution < -0.4 is 0 Å². The Kier molecular flexibility index (Phi) is 9.11. The van der Waals surface area contributed by atoms with Crippen molar-refractivity contribution < 1.29 is 25.7 Å². The van der Waals surface area contributed by atoms with Crippen LogP contribution in [-0.2, 0) is 15.0 Å². The van der Waals surface area contributed by atoms with E-state index in [0.717, 1.165) is 0 Å². The molecule has 5 heteroatoms. The third kappa shape index (κ3) is 51.3. The molecule has 0 saturated heterocycles. The second kappa shape index (κ2) is 4.89. The van der Waals surface area contributed by atoms with Crippen molar-refractivity contribution >= 4 is 18.9 Å². The number of hydrogen-bond donors (Lipinski definition) is 0. The van der Waals surface area contributed by atoms with E-state index >= 15 is 0 Å². The van der Waals surface area contributed by atoms with Crippen molar-refractivity contribution in [1.29, 1.82) is 0 Å². The maximum absolute atomic E-state index is 9.73. The SMILES string of the molecule is [F][Co]([F])[F].[LiH]. The molecule has 32 valence electrons. The minimum atomic E-state index is -4.10. The van der Waals surface area contributed by atoms with Crippen molar-refractivity contribution in [2.45, 2.75) is 0 Å². The van der Waals surface area contributed by atoms with E-state index in [1.807, 2.05) is 0 Å². The fourth-order valence-corrected chi connectivity index (χ4v) is 0. The van der Waals surface area contributed by atoms with Gasteiger partial charge in [-0.25, -0.2) is 0 Å². The van der Waals surface area contributed by atoms with Crippen molar-refractivity contribution in [2.24, 2.45) is 0 Å². The molecule has 0 aromatic heterocycles. The molecule has 0 atom stereocenters. The Morgan fingerprint density at radius 1 is 1.00 bits per heavy atom. The van der Waals surface area contributed by atoms with E-state index in [1.165, 1.54) is 0 Å². The van der Waals surface area contributed by atoms with E-state index in [9.17, 15) is 10.7 Å². The average Bonchev–Trinajstić information content (AvgIpc) is 0.811. The molecule has 0 bridgehead atoms. The van der Waals surface area contributed by atoms with Crippen molar-refractivity contribution in [3.8, 4) is 0 Å². The standard InChI is InChI=1S/Co.3FH.Li.H/h;3*1H;;/q+3;;;;;/p-3. The van der Waals surface area contributed by atoms with Crippen LogP contribution in [-0.4, -0.2) is 18.9 Å². The monoisotopic (exact) mass is 124 g/mol. The van der Waals surface area contributed by atoms with E-state index in [2.05, 4.69) is 0 Å². The Morgan fingerprint density at radius 3 is 1.00 bits per heavy atom. The Labute approximate surface area is 45.0 Å². The molecule has 0 saturated carbocycles. The molecule has 0 aliphatic rings. The van der Waals surface area contributed by atoms with Gasteiger partial charge < -0.3 is 0 Å². The van der Waals surface area contributed by atoms with Gasteiger partial charge in [0.25, 0.3) is 0 Å². The van der Waals surface area contributed by atoms with E-state index in [0.29, 0.717) is 0 Å². The van der Waals surface area contributed by atoms with Crippen molar-refractivity contribution in [3.05, 3.63) is 0 Å². The van der Waals surface area contributed by atoms with Gasteiger partial charge in [0, 0.05) is 0 Å². The van der Waals surface area contributed by atoms with Crippen molar-refractivity contribution in [2.75, 3.05) is 0 Å². The second-order valence-electron chi connectivity index (χ2n) is 0.143. The first-order valence-corrected chi connectivity index (χ1v) is 1.56. The van der Waals surface area contributed by atoms with Crippen LogP contribution in [0.2, 0.25) is 0 Å². The van der Waals surface area contributed by atoms with Crippen LogP contribution in [0.15, 0.2) is 0 Å². The first-order valence-electron chi connectivity index (χ1n) is 0.378. The van der Waals surface area contributed by atoms with Gasteiger partial charge in [-0.2, -0.15) is 0 Å². The normalized spacial score (nSPS) is 9.00. The van der Waals surface area contributed by atoms with Crippen molar-refractivity contribution in [3.63, 3.8) is 0 Å². The average molecular weight is 124 g/mol. The second-order valence-corrected chi connectivity index (χ2v) is 0.589. The zero-order valence-electron chi connectivity index (χ0n) is 1.47. The Hall–Kier alpha value is 0.894. The number of rotatable bonds is 0. The van der Waals surface area contributed by atoms with E-state index in [-0.39, 0.29) is 18.9 Å². The van der Waals surface area contributed by atoms with Gasteiger partial charge in [0.2, 0.25) is 0 Å². The molecule has 0 aromatic rings. The summed E-state index contributed by atoms with van der Waals surface area (Å²) < 4.78 is 29.2. The summed E-state index contributed by atoms with van der Waals surface area (Å²) in [7, 11) is 0. The van der Waals surface area contributed by atoms with Gasteiger partial charge in [-0.15, -0.1) is 0 Å². The molecule has 0 radical (unpaired) electrons. The number of hydrogen-bond acceptors (Lipinski definition) is 0. The minimum absolute atomic E-state index is 0. The summed E-state index contributed by atoms with van der Waals surface area (Å²) in [5.41, 5.74) is 0. The predicted octanol–water partition coefficient (Wildman–Crippen LogP) is 0.610. The zero-order chi connectivity index (χ0) is 3.58. The quantitative estimate of drug-likeness (QED) is 0.415. The Balaban J connectivity index is 0. The van der Waals surface area contributed by atoms with Gasteiger partial charge >= 0.3 is 44.6 Å². The molecule has 0 nitrogen and oxygen atoms in total. The van der Waals surface area contributed by atoms with Gasteiger partial charge in [-0.3, -0.25) is 0 Å². The molecule has 5 heavy (non-hydrogen) atoms. The molecule has 0 fully saturated rings. The van der Waals surface area contributed by atoms with Crippen LogP contribution in [0.1, 0.15) is 0 Å². The summed E-state index contributed by atoms with van der Waals surface area (Å²) in [6.45, 7) is 0. The molecule has 0 heterocycles. The molecule has 0 rings (SSSR count). The van der Waals surface area contributed by atoms with Crippen LogP contribution in [0.5, 0.6) is 0 Å². The van der Waals surface area contributed by atoms with Crippen LogP contribution in [0.4, 0.5) is 10.7 Å². The first-order chi connectivity index (χ1) is 1.73. The molecule has 0 amide bonds. The van der Waals surface area contributed by atoms with Gasteiger partial charge in [-0.05, 0) is 0 Å². The fourth-order valence-electron chi connectivity index (χ4n) is 0. The van der Waals surface area contributed by atoms with Crippen LogP contribution >= 0.6 is 0 Å². The molecule has 0 N–H and O–H groups in total. The van der Waals surface area contributed by atoms with Crippen LogP contribution in [0, 0.1) is 0 Å². The summed E-state index contributed by atoms with van der Waals surface area (Å²) in [6, 6.07) is 0. The number of halogens is 3. The molecular formula is HCoF3Li. The van der Waals surface area contributed by atoms with Gasteiger partial charge in [0.05, 0.1) is 0 Å². The van der Waals surface area contributed by atoms with Gasteiger partial charge in [0.1, 0.15) is 0 Å². The molecular weight excluding hydrogens is 123 g/mol. The Morgan fingerprint density at radius 2 is 1.00 bits per heavy atom. The maximum atomic E-state index is 9.73. The molecule has 0 spiro atoms. The summed E-state index contributed by atoms with van der Waals surface area (Å²) >= 11 is -4.10. The van der Waals surface area contributed by atoms with Gasteiger partial charge in [0.15, 0.2) is 0 Å². The Bertz CT molecular complexity index is 11.6. The summed E-state index contributed by atoms with van der Waals surface area (Å²) in [5.74, 6) is 0.